The van der Waals surface area contributed by atoms with Gasteiger partial charge in [-0.2, -0.15) is 0 Å². The lowest BCUT2D eigenvalue weighted by Gasteiger charge is -2.37. The van der Waals surface area contributed by atoms with Crippen LogP contribution in [0.15, 0.2) is 108 Å². The lowest BCUT2D eigenvalue weighted by Crippen LogP contribution is -2.32. The molecular weight excluding hydrogens is 877 g/mol. The fraction of sp³-hybridized carbons (Fsp3) is 0.474. The SMILES string of the molecule is C=CC(=O)OC(COc1ccc(SC)cc1)COc1c(C(C)(C)C)cc(C(C)(C)c2cc(C(C)(C)C)c(OCC(COc3ccc(SC)cc3)OC(=O)C=C)c(C(C)(C)C)c2)cc1C(C)(C)C. The predicted molar refractivity (Wildman–Crippen MR) is 278 cm³/mol. The van der Waals surface area contributed by atoms with E-state index in [2.05, 4.69) is 134 Å². The molecule has 0 heterocycles. The molecule has 2 unspecified atom stereocenters. The zero-order chi connectivity index (χ0) is 50.1. The van der Waals surface area contributed by atoms with Crippen LogP contribution in [0.5, 0.6) is 23.0 Å². The number of hydrogen-bond acceptors (Lipinski definition) is 10. The van der Waals surface area contributed by atoms with Crippen LogP contribution in [0.1, 0.15) is 130 Å². The van der Waals surface area contributed by atoms with Crippen LogP contribution >= 0.6 is 23.5 Å². The number of thioether (sulfide) groups is 2. The molecule has 0 spiro atoms. The molecule has 0 aliphatic carbocycles. The molecule has 0 saturated carbocycles. The molecule has 0 aromatic heterocycles. The maximum atomic E-state index is 12.6. The molecule has 0 saturated heterocycles. The van der Waals surface area contributed by atoms with Gasteiger partial charge < -0.3 is 28.4 Å². The lowest BCUT2D eigenvalue weighted by molar-refractivity contribution is -0.147. The smallest absolute Gasteiger partial charge is 0.330 e. The summed E-state index contributed by atoms with van der Waals surface area (Å²) in [5.41, 5.74) is 4.61. The zero-order valence-corrected chi connectivity index (χ0v) is 44.7. The van der Waals surface area contributed by atoms with Gasteiger partial charge in [0.1, 0.15) is 49.4 Å². The zero-order valence-electron chi connectivity index (χ0n) is 43.1. The fourth-order valence-corrected chi connectivity index (χ4v) is 8.23. The van der Waals surface area contributed by atoms with Gasteiger partial charge in [-0.05, 0) is 93.8 Å². The topological polar surface area (TPSA) is 89.5 Å². The van der Waals surface area contributed by atoms with Gasteiger partial charge in [0, 0.05) is 49.6 Å². The Labute approximate surface area is 411 Å². The summed E-state index contributed by atoms with van der Waals surface area (Å²) in [6.45, 7) is 38.5. The Bertz CT molecular complexity index is 2090. The minimum absolute atomic E-state index is 0.0772. The van der Waals surface area contributed by atoms with E-state index in [1.54, 1.807) is 23.5 Å². The summed E-state index contributed by atoms with van der Waals surface area (Å²) in [5.74, 6) is 1.80. The lowest BCUT2D eigenvalue weighted by atomic mass is 9.69. The van der Waals surface area contributed by atoms with Crippen molar-refractivity contribution in [3.05, 3.63) is 131 Å². The van der Waals surface area contributed by atoms with Crippen molar-refractivity contribution in [2.24, 2.45) is 0 Å². The largest absolute Gasteiger partial charge is 0.490 e. The summed E-state index contributed by atoms with van der Waals surface area (Å²) < 4.78 is 37.5. The molecular formula is C57H76O8S2. The molecule has 10 heteroatoms. The minimum Gasteiger partial charge on any atom is -0.490 e. The monoisotopic (exact) mass is 952 g/mol. The molecule has 4 aromatic rings. The van der Waals surface area contributed by atoms with Gasteiger partial charge in [0.25, 0.3) is 0 Å². The van der Waals surface area contributed by atoms with Crippen molar-refractivity contribution in [1.82, 2.24) is 0 Å². The fourth-order valence-electron chi connectivity index (χ4n) is 7.42. The van der Waals surface area contributed by atoms with Gasteiger partial charge in [0.05, 0.1) is 0 Å². The Morgan fingerprint density at radius 2 is 0.746 bits per heavy atom. The first kappa shape index (κ1) is 54.8. The number of rotatable bonds is 20. The van der Waals surface area contributed by atoms with E-state index in [4.69, 9.17) is 28.4 Å². The minimum atomic E-state index is -0.705. The Hall–Kier alpha value is -4.80. The van der Waals surface area contributed by atoms with Crippen molar-refractivity contribution in [2.45, 2.75) is 146 Å². The number of carbonyl (C=O) groups excluding carboxylic acids is 2. The molecule has 67 heavy (non-hydrogen) atoms. The molecule has 2 atom stereocenters. The number of carbonyl (C=O) groups is 2. The van der Waals surface area contributed by atoms with Crippen LogP contribution in [0.2, 0.25) is 0 Å². The normalized spacial score (nSPS) is 13.3. The van der Waals surface area contributed by atoms with Crippen molar-refractivity contribution < 1.29 is 38.0 Å². The molecule has 0 N–H and O–H groups in total. The van der Waals surface area contributed by atoms with Crippen molar-refractivity contribution in [3.63, 3.8) is 0 Å². The number of esters is 2. The second-order valence-corrected chi connectivity index (χ2v) is 23.3. The van der Waals surface area contributed by atoms with E-state index in [0.29, 0.717) is 11.5 Å². The Kier molecular flexibility index (Phi) is 18.4. The van der Waals surface area contributed by atoms with Crippen molar-refractivity contribution in [2.75, 3.05) is 38.9 Å². The van der Waals surface area contributed by atoms with Gasteiger partial charge >= 0.3 is 11.9 Å². The van der Waals surface area contributed by atoms with Crippen LogP contribution in [0.4, 0.5) is 0 Å². The van der Waals surface area contributed by atoms with E-state index in [1.807, 2.05) is 61.0 Å². The van der Waals surface area contributed by atoms with E-state index >= 15 is 0 Å². The van der Waals surface area contributed by atoms with Crippen LogP contribution < -0.4 is 18.9 Å². The molecule has 4 rings (SSSR count). The summed E-state index contributed by atoms with van der Waals surface area (Å²) in [6.07, 6.45) is 4.96. The number of ether oxygens (including phenoxy) is 6. The molecule has 0 aliphatic rings. The molecule has 4 aromatic carbocycles. The summed E-state index contributed by atoms with van der Waals surface area (Å²) in [6, 6.07) is 24.8. The van der Waals surface area contributed by atoms with Crippen molar-refractivity contribution >= 4 is 35.5 Å². The van der Waals surface area contributed by atoms with Crippen LogP contribution in [-0.4, -0.2) is 63.1 Å². The van der Waals surface area contributed by atoms with Crippen molar-refractivity contribution in [3.8, 4) is 23.0 Å². The molecule has 8 nitrogen and oxygen atoms in total. The van der Waals surface area contributed by atoms with Crippen LogP contribution in [0, 0.1) is 0 Å². The van der Waals surface area contributed by atoms with Crippen molar-refractivity contribution in [1.29, 1.82) is 0 Å². The standard InChI is InChI=1S/C57H76O8S2/c1-19-49(58)64-41(33-60-39-21-25-43(66-17)26-22-39)35-62-51-45(53(3,4)5)29-37(30-46(51)54(6,7)8)57(15,16)38-31-47(55(9,10)11)52(48(32-38)56(12,13)14)63-36-42(65-50(59)20-2)34-61-40-23-27-44(67-18)28-24-40/h19-32,41-42H,1-2,33-36H2,3-18H3. The molecule has 0 fully saturated rings. The third-order valence-corrected chi connectivity index (χ3v) is 13.1. The Balaban J connectivity index is 1.80. The first-order chi connectivity index (χ1) is 31.1. The average Bonchev–Trinajstić information content (AvgIpc) is 3.26. The summed E-state index contributed by atoms with van der Waals surface area (Å²) in [5, 5.41) is 0. The number of hydrogen-bond donors (Lipinski definition) is 0. The summed E-state index contributed by atoms with van der Waals surface area (Å²) >= 11 is 3.31. The van der Waals surface area contributed by atoms with Gasteiger partial charge in [-0.3, -0.25) is 0 Å². The highest BCUT2D eigenvalue weighted by molar-refractivity contribution is 7.98. The van der Waals surface area contributed by atoms with Crippen LogP contribution in [-0.2, 0) is 46.1 Å². The van der Waals surface area contributed by atoms with E-state index in [1.165, 1.54) is 0 Å². The number of benzene rings is 4. The summed E-state index contributed by atoms with van der Waals surface area (Å²) in [7, 11) is 0. The highest BCUT2D eigenvalue weighted by Gasteiger charge is 2.36. The van der Waals surface area contributed by atoms with Gasteiger partial charge in [-0.1, -0.05) is 134 Å². The maximum Gasteiger partial charge on any atom is 0.330 e. The first-order valence-corrected chi connectivity index (χ1v) is 25.4. The molecule has 364 valence electrons. The van der Waals surface area contributed by atoms with E-state index in [9.17, 15) is 9.59 Å². The predicted octanol–water partition coefficient (Wildman–Crippen LogP) is 13.8. The molecule has 0 radical (unpaired) electrons. The molecule has 0 amide bonds. The van der Waals surface area contributed by atoms with Gasteiger partial charge in [-0.25, -0.2) is 9.59 Å². The highest BCUT2D eigenvalue weighted by Crippen LogP contribution is 2.48. The molecule has 0 bridgehead atoms. The Morgan fingerprint density at radius 3 is 0.985 bits per heavy atom. The summed E-state index contributed by atoms with van der Waals surface area (Å²) in [4.78, 5) is 27.4. The quantitative estimate of drug-likeness (QED) is 0.0485. The van der Waals surface area contributed by atoms with E-state index in [-0.39, 0.29) is 48.1 Å². The maximum absolute atomic E-state index is 12.6. The van der Waals surface area contributed by atoms with Gasteiger partial charge in [-0.15, -0.1) is 23.5 Å². The average molecular weight is 953 g/mol. The van der Waals surface area contributed by atoms with Crippen LogP contribution in [0.3, 0.4) is 0 Å². The third kappa shape index (κ3) is 15.1. The van der Waals surface area contributed by atoms with E-state index in [0.717, 1.165) is 66.8 Å². The van der Waals surface area contributed by atoms with Gasteiger partial charge in [0.15, 0.2) is 12.2 Å². The van der Waals surface area contributed by atoms with Crippen LogP contribution in [0.25, 0.3) is 0 Å². The second kappa shape index (κ2) is 22.5. The highest BCUT2D eigenvalue weighted by atomic mass is 32.2. The first-order valence-electron chi connectivity index (χ1n) is 23.0. The third-order valence-electron chi connectivity index (χ3n) is 11.6. The second-order valence-electron chi connectivity index (χ2n) is 21.5. The van der Waals surface area contributed by atoms with E-state index < -0.39 is 29.6 Å². The van der Waals surface area contributed by atoms with Gasteiger partial charge in [0.2, 0.25) is 0 Å². The Morgan fingerprint density at radius 1 is 0.478 bits per heavy atom. The molecule has 0 aliphatic heterocycles.